The Kier molecular flexibility index (Phi) is 4.00. The highest BCUT2D eigenvalue weighted by atomic mass is 16.5. The van der Waals surface area contributed by atoms with Gasteiger partial charge in [-0.1, -0.05) is 19.1 Å². The Morgan fingerprint density at radius 2 is 2.24 bits per heavy atom. The summed E-state index contributed by atoms with van der Waals surface area (Å²) in [4.78, 5) is 4.75. The van der Waals surface area contributed by atoms with Crippen LogP contribution in [-0.2, 0) is 17.7 Å². The third-order valence-electron chi connectivity index (χ3n) is 4.51. The molecule has 0 bridgehead atoms. The van der Waals surface area contributed by atoms with Crippen molar-refractivity contribution < 1.29 is 9.84 Å². The van der Waals surface area contributed by atoms with Gasteiger partial charge in [0.25, 0.3) is 0 Å². The lowest BCUT2D eigenvalue weighted by molar-refractivity contribution is -0.00667. The van der Waals surface area contributed by atoms with E-state index in [2.05, 4.69) is 17.6 Å². The van der Waals surface area contributed by atoms with Crippen LogP contribution in [0.4, 0.5) is 0 Å². The molecule has 2 atom stereocenters. The second-order valence-electron chi connectivity index (χ2n) is 6.26. The van der Waals surface area contributed by atoms with Crippen LogP contribution in [0.1, 0.15) is 32.5 Å². The van der Waals surface area contributed by atoms with Gasteiger partial charge in [0.15, 0.2) is 0 Å². The van der Waals surface area contributed by atoms with Gasteiger partial charge >= 0.3 is 0 Å². The minimum absolute atomic E-state index is 0.201. The number of para-hydroxylation sites is 2. The molecule has 1 aromatic heterocycles. The second-order valence-corrected chi connectivity index (χ2v) is 6.26. The minimum Gasteiger partial charge on any atom is -0.389 e. The van der Waals surface area contributed by atoms with E-state index >= 15 is 0 Å². The molecule has 0 amide bonds. The van der Waals surface area contributed by atoms with E-state index in [1.165, 1.54) is 0 Å². The third-order valence-corrected chi connectivity index (χ3v) is 4.51. The highest BCUT2D eigenvalue weighted by Crippen LogP contribution is 2.30. The summed E-state index contributed by atoms with van der Waals surface area (Å²) >= 11 is 0. The van der Waals surface area contributed by atoms with Crippen LogP contribution in [-0.4, -0.2) is 33.5 Å². The molecule has 1 aliphatic rings. The van der Waals surface area contributed by atoms with Gasteiger partial charge in [0, 0.05) is 25.5 Å². The molecular weight excluding hydrogens is 264 g/mol. The number of ether oxygens (including phenoxy) is 1. The van der Waals surface area contributed by atoms with Gasteiger partial charge in [0.1, 0.15) is 5.82 Å². The molecular formula is C17H24N2O2. The maximum Gasteiger partial charge on any atom is 0.112 e. The van der Waals surface area contributed by atoms with Crippen LogP contribution in [0.3, 0.4) is 0 Å². The van der Waals surface area contributed by atoms with E-state index in [4.69, 9.17) is 9.72 Å². The molecule has 114 valence electrons. The molecule has 2 aromatic rings. The molecule has 1 saturated heterocycles. The molecule has 1 fully saturated rings. The van der Waals surface area contributed by atoms with Crippen molar-refractivity contribution in [1.29, 1.82) is 0 Å². The normalized spacial score (nSPS) is 21.8. The largest absolute Gasteiger partial charge is 0.389 e. The van der Waals surface area contributed by atoms with Crippen LogP contribution in [0.5, 0.6) is 0 Å². The molecule has 2 unspecified atom stereocenters. The van der Waals surface area contributed by atoms with Gasteiger partial charge in [0.05, 0.1) is 23.2 Å². The molecule has 1 aromatic carbocycles. The van der Waals surface area contributed by atoms with E-state index in [-0.39, 0.29) is 5.92 Å². The average Bonchev–Trinajstić information content (AvgIpc) is 3.08. The monoisotopic (exact) mass is 288 g/mol. The SMILES string of the molecule is CCCn1c(CC(C)(O)C2CCOC2)nc2ccccc21. The van der Waals surface area contributed by atoms with Crippen molar-refractivity contribution in [3.8, 4) is 0 Å². The van der Waals surface area contributed by atoms with Crippen molar-refractivity contribution in [1.82, 2.24) is 9.55 Å². The summed E-state index contributed by atoms with van der Waals surface area (Å²) in [5.74, 6) is 1.18. The average molecular weight is 288 g/mol. The summed E-state index contributed by atoms with van der Waals surface area (Å²) in [6, 6.07) is 8.20. The molecule has 21 heavy (non-hydrogen) atoms. The zero-order chi connectivity index (χ0) is 14.9. The highest BCUT2D eigenvalue weighted by Gasteiger charge is 2.36. The first-order valence-corrected chi connectivity index (χ1v) is 7.86. The van der Waals surface area contributed by atoms with Gasteiger partial charge in [-0.25, -0.2) is 4.98 Å². The molecule has 3 rings (SSSR count). The summed E-state index contributed by atoms with van der Waals surface area (Å²) in [7, 11) is 0. The van der Waals surface area contributed by atoms with Crippen molar-refractivity contribution >= 4 is 11.0 Å². The van der Waals surface area contributed by atoms with E-state index in [9.17, 15) is 5.11 Å². The maximum absolute atomic E-state index is 10.9. The lowest BCUT2D eigenvalue weighted by Gasteiger charge is -2.29. The van der Waals surface area contributed by atoms with Crippen molar-refractivity contribution in [3.05, 3.63) is 30.1 Å². The number of nitrogens with zero attached hydrogens (tertiary/aromatic N) is 2. The molecule has 0 radical (unpaired) electrons. The fourth-order valence-corrected chi connectivity index (χ4v) is 3.22. The Morgan fingerprint density at radius 1 is 1.43 bits per heavy atom. The number of fused-ring (bicyclic) bond motifs is 1. The van der Waals surface area contributed by atoms with Crippen molar-refractivity contribution in [2.75, 3.05) is 13.2 Å². The fourth-order valence-electron chi connectivity index (χ4n) is 3.22. The molecule has 1 N–H and O–H groups in total. The molecule has 4 heteroatoms. The lowest BCUT2D eigenvalue weighted by atomic mass is 9.85. The van der Waals surface area contributed by atoms with Gasteiger partial charge in [0.2, 0.25) is 0 Å². The quantitative estimate of drug-likeness (QED) is 0.920. The smallest absolute Gasteiger partial charge is 0.112 e. The Morgan fingerprint density at radius 3 is 2.95 bits per heavy atom. The number of hydrogen-bond acceptors (Lipinski definition) is 3. The van der Waals surface area contributed by atoms with Crippen LogP contribution in [0.2, 0.25) is 0 Å². The number of aliphatic hydroxyl groups is 1. The Labute approximate surface area is 125 Å². The van der Waals surface area contributed by atoms with E-state index in [0.717, 1.165) is 42.9 Å². The van der Waals surface area contributed by atoms with Crippen molar-refractivity contribution in [2.45, 2.75) is 45.3 Å². The van der Waals surface area contributed by atoms with E-state index in [1.54, 1.807) is 0 Å². The maximum atomic E-state index is 10.9. The molecule has 0 aliphatic carbocycles. The van der Waals surface area contributed by atoms with Gasteiger partial charge in [-0.05, 0) is 31.9 Å². The number of aromatic nitrogens is 2. The zero-order valence-corrected chi connectivity index (χ0v) is 12.9. The van der Waals surface area contributed by atoms with Gasteiger partial charge in [-0.3, -0.25) is 0 Å². The van der Waals surface area contributed by atoms with Gasteiger partial charge < -0.3 is 14.4 Å². The molecule has 4 nitrogen and oxygen atoms in total. The third kappa shape index (κ3) is 2.83. The number of imidazole rings is 1. The van der Waals surface area contributed by atoms with Crippen LogP contribution >= 0.6 is 0 Å². The van der Waals surface area contributed by atoms with Gasteiger partial charge in [-0.15, -0.1) is 0 Å². The lowest BCUT2D eigenvalue weighted by Crippen LogP contribution is -2.38. The summed E-state index contributed by atoms with van der Waals surface area (Å²) in [5.41, 5.74) is 1.41. The van der Waals surface area contributed by atoms with Crippen LogP contribution in [0.15, 0.2) is 24.3 Å². The first-order valence-electron chi connectivity index (χ1n) is 7.86. The van der Waals surface area contributed by atoms with Crippen LogP contribution in [0.25, 0.3) is 11.0 Å². The van der Waals surface area contributed by atoms with Crippen molar-refractivity contribution in [2.24, 2.45) is 5.92 Å². The Bertz CT molecular complexity index is 612. The predicted molar refractivity (Wildman–Crippen MR) is 83.3 cm³/mol. The van der Waals surface area contributed by atoms with Crippen LogP contribution in [0, 0.1) is 5.92 Å². The summed E-state index contributed by atoms with van der Waals surface area (Å²) in [5, 5.41) is 10.9. The second kappa shape index (κ2) is 5.78. The molecule has 2 heterocycles. The van der Waals surface area contributed by atoms with E-state index in [0.29, 0.717) is 13.0 Å². The number of benzene rings is 1. The standard InChI is InChI=1S/C17H24N2O2/c1-3-9-19-15-7-5-4-6-14(15)18-16(19)11-17(2,20)13-8-10-21-12-13/h4-7,13,20H,3,8-12H2,1-2H3. The summed E-state index contributed by atoms with van der Waals surface area (Å²) in [6.07, 6.45) is 2.57. The summed E-state index contributed by atoms with van der Waals surface area (Å²) < 4.78 is 7.68. The van der Waals surface area contributed by atoms with E-state index < -0.39 is 5.60 Å². The fraction of sp³-hybridized carbons (Fsp3) is 0.588. The van der Waals surface area contributed by atoms with Crippen molar-refractivity contribution in [3.63, 3.8) is 0 Å². The Balaban J connectivity index is 1.93. The molecule has 1 aliphatic heterocycles. The van der Waals surface area contributed by atoms with E-state index in [1.807, 2.05) is 25.1 Å². The van der Waals surface area contributed by atoms with Crippen LogP contribution < -0.4 is 0 Å². The zero-order valence-electron chi connectivity index (χ0n) is 12.9. The first-order chi connectivity index (χ1) is 10.1. The molecule has 0 spiro atoms. The number of aryl methyl sites for hydroxylation is 1. The predicted octanol–water partition coefficient (Wildman–Crippen LogP) is 2.78. The van der Waals surface area contributed by atoms with Gasteiger partial charge in [-0.2, -0.15) is 0 Å². The first kappa shape index (κ1) is 14.5. The molecule has 0 saturated carbocycles. The topological polar surface area (TPSA) is 47.3 Å². The highest BCUT2D eigenvalue weighted by molar-refractivity contribution is 5.75. The number of rotatable bonds is 5. The summed E-state index contributed by atoms with van der Waals surface area (Å²) in [6.45, 7) is 6.43. The number of hydrogen-bond donors (Lipinski definition) is 1. The Hall–Kier alpha value is -1.39. The minimum atomic E-state index is -0.761.